The van der Waals surface area contributed by atoms with Gasteiger partial charge in [-0.2, -0.15) is 0 Å². The van der Waals surface area contributed by atoms with Gasteiger partial charge in [-0.1, -0.05) is 135 Å². The zero-order valence-corrected chi connectivity index (χ0v) is 23.7. The molecule has 0 saturated carbocycles. The van der Waals surface area contributed by atoms with E-state index < -0.39 is 0 Å². The van der Waals surface area contributed by atoms with Crippen molar-refractivity contribution in [1.29, 1.82) is 0 Å². The number of hydrogen-bond acceptors (Lipinski definition) is 0. The lowest BCUT2D eigenvalue weighted by Gasteiger charge is -2.23. The molecule has 42 heavy (non-hydrogen) atoms. The second kappa shape index (κ2) is 8.44. The second-order valence-corrected chi connectivity index (χ2v) is 12.1. The molecular weight excluding hydrogens is 506 g/mol. The first-order chi connectivity index (χ1) is 20.6. The minimum absolute atomic E-state index is 0.0595. The molecule has 0 unspecified atom stereocenters. The van der Waals surface area contributed by atoms with Crippen molar-refractivity contribution in [1.82, 2.24) is 4.57 Å². The summed E-state index contributed by atoms with van der Waals surface area (Å²) in [4.78, 5) is 0. The minimum atomic E-state index is -0.0595. The molecule has 0 bridgehead atoms. The molecule has 0 radical (unpaired) electrons. The highest BCUT2D eigenvalue weighted by Gasteiger charge is 2.36. The number of nitrogens with zero attached hydrogens (tertiary/aromatic N) is 1. The SMILES string of the molecule is CC1(C)c2ccccc2-c2ccc3c(ccc4c5ccccc5n(-c5ccc(-c6cccc7ccccc67)cc5)c34)c21. The molecule has 1 aliphatic rings. The van der Waals surface area contributed by atoms with E-state index >= 15 is 0 Å². The average molecular weight is 536 g/mol. The summed E-state index contributed by atoms with van der Waals surface area (Å²) in [6.07, 6.45) is 0. The maximum Gasteiger partial charge on any atom is 0.0619 e. The van der Waals surface area contributed by atoms with E-state index in [2.05, 4.69) is 158 Å². The quantitative estimate of drug-likeness (QED) is 0.207. The summed E-state index contributed by atoms with van der Waals surface area (Å²) in [5.41, 5.74) is 11.7. The predicted octanol–water partition coefficient (Wildman–Crippen LogP) is 11.1. The molecule has 198 valence electrons. The van der Waals surface area contributed by atoms with Crippen molar-refractivity contribution in [3.63, 3.8) is 0 Å². The lowest BCUT2D eigenvalue weighted by atomic mass is 9.80. The van der Waals surface area contributed by atoms with Crippen LogP contribution in [0.2, 0.25) is 0 Å². The highest BCUT2D eigenvalue weighted by atomic mass is 15.0. The van der Waals surface area contributed by atoms with Gasteiger partial charge in [0.1, 0.15) is 0 Å². The van der Waals surface area contributed by atoms with Gasteiger partial charge in [-0.15, -0.1) is 0 Å². The molecule has 1 aromatic heterocycles. The van der Waals surface area contributed by atoms with Crippen molar-refractivity contribution >= 4 is 43.4 Å². The highest BCUT2D eigenvalue weighted by molar-refractivity contribution is 6.20. The van der Waals surface area contributed by atoms with E-state index in [1.807, 2.05) is 0 Å². The Balaban J connectivity index is 1.31. The van der Waals surface area contributed by atoms with Crippen LogP contribution in [-0.2, 0) is 5.41 Å². The summed E-state index contributed by atoms with van der Waals surface area (Å²) in [5.74, 6) is 0. The summed E-state index contributed by atoms with van der Waals surface area (Å²) in [6, 6.07) is 51.5. The van der Waals surface area contributed by atoms with Crippen LogP contribution in [0, 0.1) is 0 Å². The van der Waals surface area contributed by atoms with Crippen molar-refractivity contribution in [3.8, 4) is 27.9 Å². The number of fused-ring (bicyclic) bond motifs is 10. The van der Waals surface area contributed by atoms with Crippen molar-refractivity contribution < 1.29 is 0 Å². The van der Waals surface area contributed by atoms with Crippen LogP contribution in [0.15, 0.2) is 140 Å². The molecule has 0 fully saturated rings. The van der Waals surface area contributed by atoms with Crippen LogP contribution in [0.3, 0.4) is 0 Å². The van der Waals surface area contributed by atoms with Crippen LogP contribution in [0.25, 0.3) is 71.3 Å². The molecule has 1 aliphatic carbocycles. The lowest BCUT2D eigenvalue weighted by molar-refractivity contribution is 0.666. The smallest absolute Gasteiger partial charge is 0.0619 e. The normalized spacial score (nSPS) is 13.7. The monoisotopic (exact) mass is 535 g/mol. The van der Waals surface area contributed by atoms with E-state index in [1.54, 1.807) is 0 Å². The highest BCUT2D eigenvalue weighted by Crippen LogP contribution is 2.52. The summed E-state index contributed by atoms with van der Waals surface area (Å²) in [7, 11) is 0. The Hall–Kier alpha value is -5.14. The van der Waals surface area contributed by atoms with Gasteiger partial charge in [0.15, 0.2) is 0 Å². The van der Waals surface area contributed by atoms with Crippen LogP contribution in [-0.4, -0.2) is 4.57 Å². The van der Waals surface area contributed by atoms with Gasteiger partial charge in [0.2, 0.25) is 0 Å². The molecule has 0 N–H and O–H groups in total. The van der Waals surface area contributed by atoms with Crippen LogP contribution >= 0.6 is 0 Å². The molecule has 9 rings (SSSR count). The van der Waals surface area contributed by atoms with Crippen LogP contribution in [0.4, 0.5) is 0 Å². The molecule has 7 aromatic carbocycles. The summed E-state index contributed by atoms with van der Waals surface area (Å²) in [6.45, 7) is 4.76. The fourth-order valence-corrected chi connectivity index (χ4v) is 7.70. The van der Waals surface area contributed by atoms with Gasteiger partial charge in [-0.25, -0.2) is 0 Å². The molecule has 0 spiro atoms. The van der Waals surface area contributed by atoms with Crippen LogP contribution in [0.5, 0.6) is 0 Å². The molecule has 0 aliphatic heterocycles. The third-order valence-electron chi connectivity index (χ3n) is 9.57. The second-order valence-electron chi connectivity index (χ2n) is 12.1. The molecule has 0 atom stereocenters. The van der Waals surface area contributed by atoms with E-state index in [0.29, 0.717) is 0 Å². The first kappa shape index (κ1) is 23.6. The van der Waals surface area contributed by atoms with E-state index in [-0.39, 0.29) is 5.41 Å². The molecule has 1 heteroatoms. The molecular formula is C41H29N. The average Bonchev–Trinajstić information content (AvgIpc) is 3.50. The Morgan fingerprint density at radius 2 is 1.10 bits per heavy atom. The van der Waals surface area contributed by atoms with Gasteiger partial charge in [0, 0.05) is 27.3 Å². The summed E-state index contributed by atoms with van der Waals surface area (Å²) < 4.78 is 2.47. The molecule has 0 amide bonds. The summed E-state index contributed by atoms with van der Waals surface area (Å²) in [5, 5.41) is 7.79. The Morgan fingerprint density at radius 1 is 0.452 bits per heavy atom. The van der Waals surface area contributed by atoms with Gasteiger partial charge in [0.25, 0.3) is 0 Å². The van der Waals surface area contributed by atoms with Crippen LogP contribution in [0.1, 0.15) is 25.0 Å². The number of benzene rings is 7. The van der Waals surface area contributed by atoms with Gasteiger partial charge >= 0.3 is 0 Å². The van der Waals surface area contributed by atoms with E-state index in [4.69, 9.17) is 0 Å². The van der Waals surface area contributed by atoms with Gasteiger partial charge < -0.3 is 4.57 Å². The Morgan fingerprint density at radius 3 is 1.98 bits per heavy atom. The van der Waals surface area contributed by atoms with Crippen molar-refractivity contribution in [2.24, 2.45) is 0 Å². The van der Waals surface area contributed by atoms with Crippen molar-refractivity contribution in [2.45, 2.75) is 19.3 Å². The Bertz CT molecular complexity index is 2360. The fourth-order valence-electron chi connectivity index (χ4n) is 7.70. The van der Waals surface area contributed by atoms with E-state index in [0.717, 1.165) is 0 Å². The van der Waals surface area contributed by atoms with Gasteiger partial charge in [-0.3, -0.25) is 0 Å². The largest absolute Gasteiger partial charge is 0.309 e. The van der Waals surface area contributed by atoms with Crippen LogP contribution < -0.4 is 0 Å². The summed E-state index contributed by atoms with van der Waals surface area (Å²) >= 11 is 0. The van der Waals surface area contributed by atoms with Crippen molar-refractivity contribution in [3.05, 3.63) is 151 Å². The van der Waals surface area contributed by atoms with E-state index in [9.17, 15) is 0 Å². The van der Waals surface area contributed by atoms with E-state index in [1.165, 1.54) is 82.4 Å². The zero-order chi connectivity index (χ0) is 28.0. The first-order valence-electron chi connectivity index (χ1n) is 14.8. The number of aromatic nitrogens is 1. The Kier molecular flexibility index (Phi) is 4.73. The third-order valence-corrected chi connectivity index (χ3v) is 9.57. The molecule has 8 aromatic rings. The number of para-hydroxylation sites is 1. The predicted molar refractivity (Wildman–Crippen MR) is 179 cm³/mol. The number of hydrogen-bond donors (Lipinski definition) is 0. The standard InChI is InChI=1S/C41H29N/c1-41(2)37-16-7-5-13-31(37)33-22-25-36-34(39(33)41)23-24-35-32-14-6-8-17-38(32)42(40(35)36)28-20-18-27(19-21-28)30-15-9-11-26-10-3-4-12-29(26)30/h3-25H,1-2H3. The minimum Gasteiger partial charge on any atom is -0.309 e. The Labute approximate surface area is 245 Å². The maximum absolute atomic E-state index is 2.47. The zero-order valence-electron chi connectivity index (χ0n) is 23.7. The van der Waals surface area contributed by atoms with Crippen molar-refractivity contribution in [2.75, 3.05) is 0 Å². The topological polar surface area (TPSA) is 4.93 Å². The first-order valence-corrected chi connectivity index (χ1v) is 14.8. The molecule has 0 saturated heterocycles. The third kappa shape index (κ3) is 3.08. The molecule has 1 heterocycles. The molecule has 1 nitrogen and oxygen atoms in total. The number of rotatable bonds is 2. The van der Waals surface area contributed by atoms with Gasteiger partial charge in [-0.05, 0) is 67.7 Å². The van der Waals surface area contributed by atoms with Gasteiger partial charge in [0.05, 0.1) is 11.0 Å². The lowest BCUT2D eigenvalue weighted by Crippen LogP contribution is -2.15. The fraction of sp³-hybridized carbons (Fsp3) is 0.0732. The maximum atomic E-state index is 2.47.